The summed E-state index contributed by atoms with van der Waals surface area (Å²) in [6.45, 7) is 3.91. The minimum absolute atomic E-state index is 0.142. The summed E-state index contributed by atoms with van der Waals surface area (Å²) in [5.41, 5.74) is 0. The number of rotatable bonds is 9. The van der Waals surface area contributed by atoms with Crippen molar-refractivity contribution < 1.29 is 9.59 Å². The molecule has 0 bridgehead atoms. The quantitative estimate of drug-likeness (QED) is 0.646. The van der Waals surface area contributed by atoms with Crippen LogP contribution in [-0.2, 0) is 9.59 Å². The molecule has 4 nitrogen and oxygen atoms in total. The van der Waals surface area contributed by atoms with Gasteiger partial charge in [0.1, 0.15) is 0 Å². The first kappa shape index (κ1) is 19.3. The van der Waals surface area contributed by atoms with E-state index in [1.807, 2.05) is 0 Å². The Morgan fingerprint density at radius 2 is 1.71 bits per heavy atom. The third-order valence-electron chi connectivity index (χ3n) is 5.71. The van der Waals surface area contributed by atoms with Gasteiger partial charge in [0.15, 0.2) is 0 Å². The molecule has 1 heterocycles. The zero-order chi connectivity index (χ0) is 17.2. The van der Waals surface area contributed by atoms with Crippen LogP contribution in [0.5, 0.6) is 0 Å². The highest BCUT2D eigenvalue weighted by Crippen LogP contribution is 2.35. The number of hydrogen-bond acceptors (Lipinski definition) is 2. The van der Waals surface area contributed by atoms with Gasteiger partial charge in [0.05, 0.1) is 0 Å². The summed E-state index contributed by atoms with van der Waals surface area (Å²) < 4.78 is 0. The molecule has 2 fully saturated rings. The lowest BCUT2D eigenvalue weighted by Gasteiger charge is -2.44. The Morgan fingerprint density at radius 1 is 0.958 bits per heavy atom. The van der Waals surface area contributed by atoms with E-state index in [1.54, 1.807) is 0 Å². The largest absolute Gasteiger partial charge is 0.356 e. The predicted octanol–water partition coefficient (Wildman–Crippen LogP) is 4.03. The van der Waals surface area contributed by atoms with Gasteiger partial charge in [-0.05, 0) is 50.9 Å². The van der Waals surface area contributed by atoms with Gasteiger partial charge in [-0.15, -0.1) is 0 Å². The lowest BCUT2D eigenvalue weighted by molar-refractivity contribution is -0.137. The lowest BCUT2D eigenvalue weighted by Crippen LogP contribution is -2.49. The molecule has 4 heteroatoms. The number of fused-ring (bicyclic) bond motifs is 1. The maximum absolute atomic E-state index is 12.6. The number of piperidine rings is 1. The number of nitrogens with one attached hydrogen (secondary N) is 1. The summed E-state index contributed by atoms with van der Waals surface area (Å²) >= 11 is 0. The van der Waals surface area contributed by atoms with Crippen molar-refractivity contribution in [2.75, 3.05) is 13.1 Å². The average Bonchev–Trinajstić information content (AvgIpc) is 2.61. The third-order valence-corrected chi connectivity index (χ3v) is 5.71. The number of carbonyl (C=O) groups is 2. The van der Waals surface area contributed by atoms with Crippen LogP contribution in [0.1, 0.15) is 90.4 Å². The van der Waals surface area contributed by atoms with Crippen molar-refractivity contribution in [2.24, 2.45) is 5.92 Å². The normalized spacial score (nSPS) is 23.6. The van der Waals surface area contributed by atoms with Crippen molar-refractivity contribution >= 4 is 11.8 Å². The highest BCUT2D eigenvalue weighted by atomic mass is 16.2. The molecule has 0 aromatic carbocycles. The van der Waals surface area contributed by atoms with Crippen LogP contribution in [0.3, 0.4) is 0 Å². The summed E-state index contributed by atoms with van der Waals surface area (Å²) in [6.07, 6.45) is 13.9. The molecule has 1 N–H and O–H groups in total. The SMILES string of the molecule is CCCCCNC(=O)CCCCC(=O)N1CCCC2CCCCC21. The van der Waals surface area contributed by atoms with E-state index in [2.05, 4.69) is 17.1 Å². The van der Waals surface area contributed by atoms with Gasteiger partial charge in [0.25, 0.3) is 0 Å². The van der Waals surface area contributed by atoms with E-state index in [9.17, 15) is 9.59 Å². The van der Waals surface area contributed by atoms with E-state index in [0.717, 1.165) is 38.3 Å². The molecule has 1 saturated heterocycles. The average molecular weight is 337 g/mol. The molecule has 138 valence electrons. The van der Waals surface area contributed by atoms with Gasteiger partial charge in [-0.1, -0.05) is 32.6 Å². The fourth-order valence-electron chi connectivity index (χ4n) is 4.33. The topological polar surface area (TPSA) is 49.4 Å². The van der Waals surface area contributed by atoms with Gasteiger partial charge < -0.3 is 10.2 Å². The van der Waals surface area contributed by atoms with E-state index < -0.39 is 0 Å². The van der Waals surface area contributed by atoms with Crippen LogP contribution in [-0.4, -0.2) is 35.8 Å². The number of unbranched alkanes of at least 4 members (excludes halogenated alkanes) is 3. The van der Waals surface area contributed by atoms with Gasteiger partial charge in [0, 0.05) is 32.0 Å². The maximum Gasteiger partial charge on any atom is 0.222 e. The number of amides is 2. The highest BCUT2D eigenvalue weighted by molar-refractivity contribution is 5.77. The molecule has 0 radical (unpaired) electrons. The Labute approximate surface area is 147 Å². The first-order valence-electron chi connectivity index (χ1n) is 10.3. The van der Waals surface area contributed by atoms with Crippen molar-refractivity contribution in [2.45, 2.75) is 96.4 Å². The minimum atomic E-state index is 0.142. The number of carbonyl (C=O) groups excluding carboxylic acids is 2. The molecule has 2 atom stereocenters. The van der Waals surface area contributed by atoms with Gasteiger partial charge in [-0.2, -0.15) is 0 Å². The van der Waals surface area contributed by atoms with Crippen LogP contribution in [0.15, 0.2) is 0 Å². The van der Waals surface area contributed by atoms with E-state index in [-0.39, 0.29) is 5.91 Å². The fraction of sp³-hybridized carbons (Fsp3) is 0.900. The first-order valence-corrected chi connectivity index (χ1v) is 10.3. The second kappa shape index (κ2) is 10.7. The Bertz CT molecular complexity index is 395. The lowest BCUT2D eigenvalue weighted by atomic mass is 9.78. The Kier molecular flexibility index (Phi) is 8.62. The van der Waals surface area contributed by atoms with Gasteiger partial charge >= 0.3 is 0 Å². The molecular weight excluding hydrogens is 300 g/mol. The number of hydrogen-bond donors (Lipinski definition) is 1. The van der Waals surface area contributed by atoms with Crippen LogP contribution in [0.25, 0.3) is 0 Å². The molecule has 2 aliphatic rings. The molecule has 2 amide bonds. The molecule has 2 rings (SSSR count). The Balaban J connectivity index is 1.59. The molecule has 1 saturated carbocycles. The Hall–Kier alpha value is -1.06. The van der Waals surface area contributed by atoms with E-state index >= 15 is 0 Å². The molecule has 1 aliphatic carbocycles. The van der Waals surface area contributed by atoms with E-state index in [4.69, 9.17) is 0 Å². The number of likely N-dealkylation sites (tertiary alicyclic amines) is 1. The van der Waals surface area contributed by atoms with Gasteiger partial charge in [-0.3, -0.25) is 9.59 Å². The summed E-state index contributed by atoms with van der Waals surface area (Å²) in [5, 5.41) is 2.97. The monoisotopic (exact) mass is 336 g/mol. The van der Waals surface area contributed by atoms with E-state index in [1.165, 1.54) is 51.4 Å². The standard InChI is InChI=1S/C20H36N2O2/c1-2-3-8-15-21-19(23)13-6-7-14-20(24)22-16-9-11-17-10-4-5-12-18(17)22/h17-18H,2-16H2,1H3,(H,21,23). The second-order valence-corrected chi connectivity index (χ2v) is 7.61. The van der Waals surface area contributed by atoms with Crippen LogP contribution in [0.2, 0.25) is 0 Å². The first-order chi connectivity index (χ1) is 11.7. The third kappa shape index (κ3) is 6.10. The Morgan fingerprint density at radius 3 is 2.54 bits per heavy atom. The van der Waals surface area contributed by atoms with Crippen molar-refractivity contribution in [3.05, 3.63) is 0 Å². The van der Waals surface area contributed by atoms with Crippen LogP contribution >= 0.6 is 0 Å². The molecule has 1 aliphatic heterocycles. The van der Waals surface area contributed by atoms with Crippen molar-refractivity contribution in [1.29, 1.82) is 0 Å². The smallest absolute Gasteiger partial charge is 0.222 e. The molecule has 0 aromatic heterocycles. The van der Waals surface area contributed by atoms with Gasteiger partial charge in [0.2, 0.25) is 11.8 Å². The maximum atomic E-state index is 12.6. The molecule has 0 aromatic rings. The van der Waals surface area contributed by atoms with Crippen molar-refractivity contribution in [3.63, 3.8) is 0 Å². The van der Waals surface area contributed by atoms with Crippen molar-refractivity contribution in [1.82, 2.24) is 10.2 Å². The fourth-order valence-corrected chi connectivity index (χ4v) is 4.33. The summed E-state index contributed by atoms with van der Waals surface area (Å²) in [6, 6.07) is 0.516. The highest BCUT2D eigenvalue weighted by Gasteiger charge is 2.35. The molecule has 0 spiro atoms. The zero-order valence-corrected chi connectivity index (χ0v) is 15.5. The summed E-state index contributed by atoms with van der Waals surface area (Å²) in [5.74, 6) is 1.23. The molecule has 24 heavy (non-hydrogen) atoms. The number of nitrogens with zero attached hydrogens (tertiary/aromatic N) is 1. The van der Waals surface area contributed by atoms with Crippen LogP contribution in [0.4, 0.5) is 0 Å². The predicted molar refractivity (Wildman–Crippen MR) is 97.7 cm³/mol. The molecule has 2 unspecified atom stereocenters. The van der Waals surface area contributed by atoms with E-state index in [0.29, 0.717) is 24.8 Å². The van der Waals surface area contributed by atoms with Crippen LogP contribution < -0.4 is 5.32 Å². The second-order valence-electron chi connectivity index (χ2n) is 7.61. The van der Waals surface area contributed by atoms with Crippen molar-refractivity contribution in [3.8, 4) is 0 Å². The van der Waals surface area contributed by atoms with Crippen LogP contribution in [0, 0.1) is 5.92 Å². The molecular formula is C20H36N2O2. The zero-order valence-electron chi connectivity index (χ0n) is 15.5. The van der Waals surface area contributed by atoms with Gasteiger partial charge in [-0.25, -0.2) is 0 Å². The summed E-state index contributed by atoms with van der Waals surface area (Å²) in [7, 11) is 0. The minimum Gasteiger partial charge on any atom is -0.356 e. The summed E-state index contributed by atoms with van der Waals surface area (Å²) in [4.78, 5) is 26.5.